The largest absolute Gasteiger partial charge is 0.369 e. The maximum atomic E-state index is 13.7. The second-order valence-electron chi connectivity index (χ2n) is 9.46. The summed E-state index contributed by atoms with van der Waals surface area (Å²) in [6, 6.07) is 16.1. The zero-order valence-electron chi connectivity index (χ0n) is 21.5. The molecule has 1 fully saturated rings. The van der Waals surface area contributed by atoms with Crippen LogP contribution in [-0.4, -0.2) is 68.1 Å². The van der Waals surface area contributed by atoms with E-state index in [1.165, 1.54) is 28.5 Å². The highest BCUT2D eigenvalue weighted by Crippen LogP contribution is 2.29. The molecule has 39 heavy (non-hydrogen) atoms. The van der Waals surface area contributed by atoms with Gasteiger partial charge >= 0.3 is 0 Å². The standard InChI is InChI=1S/C29H27FN8O/c1-3-26(39)37-13-12-24(19-37)38-27(20-4-6-21(30)7-5-20)33-25-18-31-29(34-28(25)38)32-22-8-10-23(11-9-22)36-16-14-35(2)15-17-36/h3-13,18-19H,1,14-17H2,2H3,(H,31,32,34). The van der Waals surface area contributed by atoms with Gasteiger partial charge in [0, 0.05) is 55.5 Å². The summed E-state index contributed by atoms with van der Waals surface area (Å²) in [6.07, 6.45) is 6.24. The highest BCUT2D eigenvalue weighted by Gasteiger charge is 2.19. The number of carbonyl (C=O) groups is 1. The van der Waals surface area contributed by atoms with Gasteiger partial charge in [0.25, 0.3) is 5.91 Å². The van der Waals surface area contributed by atoms with Gasteiger partial charge in [-0.2, -0.15) is 4.98 Å². The third kappa shape index (κ3) is 4.89. The summed E-state index contributed by atoms with van der Waals surface area (Å²) in [5, 5.41) is 3.29. The molecule has 4 heterocycles. The molecule has 6 rings (SSSR count). The lowest BCUT2D eigenvalue weighted by Crippen LogP contribution is -2.44. The smallest absolute Gasteiger partial charge is 0.254 e. The van der Waals surface area contributed by atoms with Crippen molar-refractivity contribution < 1.29 is 9.18 Å². The molecule has 0 bridgehead atoms. The highest BCUT2D eigenvalue weighted by molar-refractivity contribution is 5.90. The maximum absolute atomic E-state index is 13.7. The average Bonchev–Trinajstić information content (AvgIpc) is 3.59. The Labute approximate surface area is 224 Å². The molecule has 1 aliphatic rings. The van der Waals surface area contributed by atoms with Crippen molar-refractivity contribution in [3.8, 4) is 17.1 Å². The Morgan fingerprint density at radius 1 is 0.974 bits per heavy atom. The van der Waals surface area contributed by atoms with Gasteiger partial charge in [0.2, 0.25) is 5.95 Å². The second kappa shape index (κ2) is 10.1. The number of benzene rings is 2. The number of hydrogen-bond acceptors (Lipinski definition) is 7. The number of nitrogens with zero attached hydrogens (tertiary/aromatic N) is 7. The minimum atomic E-state index is -0.339. The Balaban J connectivity index is 1.35. The lowest BCUT2D eigenvalue weighted by molar-refractivity contribution is 0.0969. The summed E-state index contributed by atoms with van der Waals surface area (Å²) in [5.74, 6) is 0.361. The van der Waals surface area contributed by atoms with Crippen LogP contribution >= 0.6 is 0 Å². The van der Waals surface area contributed by atoms with Gasteiger partial charge in [-0.25, -0.2) is 14.4 Å². The lowest BCUT2D eigenvalue weighted by Gasteiger charge is -2.34. The molecule has 1 saturated heterocycles. The van der Waals surface area contributed by atoms with Gasteiger partial charge in [-0.1, -0.05) is 6.58 Å². The van der Waals surface area contributed by atoms with E-state index in [4.69, 9.17) is 9.97 Å². The first-order valence-corrected chi connectivity index (χ1v) is 12.7. The average molecular weight is 523 g/mol. The van der Waals surface area contributed by atoms with Crippen LogP contribution in [0.2, 0.25) is 0 Å². The van der Waals surface area contributed by atoms with Crippen molar-refractivity contribution in [3.05, 3.63) is 91.7 Å². The highest BCUT2D eigenvalue weighted by atomic mass is 19.1. The molecule has 0 amide bonds. The van der Waals surface area contributed by atoms with E-state index in [2.05, 4.69) is 45.9 Å². The quantitative estimate of drug-likeness (QED) is 0.322. The fraction of sp³-hybridized carbons (Fsp3) is 0.172. The molecule has 3 aromatic heterocycles. The minimum Gasteiger partial charge on any atom is -0.369 e. The van der Waals surface area contributed by atoms with E-state index in [0.717, 1.165) is 31.9 Å². The fourth-order valence-corrected chi connectivity index (χ4v) is 4.68. The summed E-state index contributed by atoms with van der Waals surface area (Å²) < 4.78 is 16.9. The number of likely N-dealkylation sites (N-methyl/N-ethyl adjacent to an activating group) is 1. The van der Waals surface area contributed by atoms with Crippen LogP contribution in [0.4, 0.5) is 21.7 Å². The van der Waals surface area contributed by atoms with Crippen molar-refractivity contribution >= 4 is 34.4 Å². The van der Waals surface area contributed by atoms with Gasteiger partial charge in [0.1, 0.15) is 17.2 Å². The summed E-state index contributed by atoms with van der Waals surface area (Å²) in [5.41, 5.74) is 4.53. The SMILES string of the molecule is C=CC(=O)n1ccc(-n2c(-c3ccc(F)cc3)nc3cnc(Nc4ccc(N5CCN(C)CC5)cc4)nc32)c1. The monoisotopic (exact) mass is 522 g/mol. The van der Waals surface area contributed by atoms with Crippen LogP contribution in [0.5, 0.6) is 0 Å². The van der Waals surface area contributed by atoms with Crippen molar-refractivity contribution in [3.63, 3.8) is 0 Å². The molecule has 9 nitrogen and oxygen atoms in total. The number of halogens is 1. The number of carbonyl (C=O) groups excluding carboxylic acids is 1. The minimum absolute atomic E-state index is 0.258. The molecule has 0 spiro atoms. The number of nitrogens with one attached hydrogen (secondary N) is 1. The van der Waals surface area contributed by atoms with Crippen LogP contribution in [0.25, 0.3) is 28.2 Å². The molecule has 0 saturated carbocycles. The van der Waals surface area contributed by atoms with Gasteiger partial charge in [-0.05, 0) is 67.7 Å². The number of anilines is 3. The molecule has 5 aromatic rings. The van der Waals surface area contributed by atoms with Crippen molar-refractivity contribution in [2.75, 3.05) is 43.4 Å². The Morgan fingerprint density at radius 2 is 1.72 bits per heavy atom. The van der Waals surface area contributed by atoms with Crippen molar-refractivity contribution in [2.45, 2.75) is 0 Å². The lowest BCUT2D eigenvalue weighted by atomic mass is 10.2. The molecular formula is C29H27FN8O. The molecular weight excluding hydrogens is 495 g/mol. The number of fused-ring (bicyclic) bond motifs is 1. The van der Waals surface area contributed by atoms with E-state index in [-0.39, 0.29) is 11.7 Å². The van der Waals surface area contributed by atoms with E-state index >= 15 is 0 Å². The normalized spacial score (nSPS) is 14.1. The Hall–Kier alpha value is -4.83. The Morgan fingerprint density at radius 3 is 2.44 bits per heavy atom. The van der Waals surface area contributed by atoms with E-state index < -0.39 is 0 Å². The van der Waals surface area contributed by atoms with Crippen molar-refractivity contribution in [1.29, 1.82) is 0 Å². The van der Waals surface area contributed by atoms with Crippen LogP contribution in [0, 0.1) is 5.82 Å². The van der Waals surface area contributed by atoms with Crippen molar-refractivity contribution in [1.82, 2.24) is 29.0 Å². The van der Waals surface area contributed by atoms with Crippen molar-refractivity contribution in [2.24, 2.45) is 0 Å². The zero-order valence-corrected chi connectivity index (χ0v) is 21.5. The summed E-state index contributed by atoms with van der Waals surface area (Å²) >= 11 is 0. The predicted molar refractivity (Wildman–Crippen MR) is 150 cm³/mol. The Kier molecular flexibility index (Phi) is 6.37. The van der Waals surface area contributed by atoms with Crippen LogP contribution in [0.1, 0.15) is 4.79 Å². The van der Waals surface area contributed by atoms with Crippen LogP contribution in [0.3, 0.4) is 0 Å². The number of imidazole rings is 1. The van der Waals surface area contributed by atoms with Gasteiger partial charge in [-0.15, -0.1) is 0 Å². The third-order valence-electron chi connectivity index (χ3n) is 6.86. The topological polar surface area (TPSA) is 84.1 Å². The molecule has 0 radical (unpaired) electrons. The first-order chi connectivity index (χ1) is 19.0. The molecule has 0 aliphatic carbocycles. The first kappa shape index (κ1) is 24.5. The van der Waals surface area contributed by atoms with Gasteiger partial charge in [0.05, 0.1) is 11.9 Å². The molecule has 2 aromatic carbocycles. The molecule has 196 valence electrons. The van der Waals surface area contributed by atoms with Gasteiger partial charge in [0.15, 0.2) is 5.65 Å². The maximum Gasteiger partial charge on any atom is 0.254 e. The first-order valence-electron chi connectivity index (χ1n) is 12.7. The number of rotatable bonds is 6. The molecule has 1 N–H and O–H groups in total. The molecule has 10 heteroatoms. The summed E-state index contributed by atoms with van der Waals surface area (Å²) in [7, 11) is 2.14. The van der Waals surface area contributed by atoms with Crippen LogP contribution < -0.4 is 10.2 Å². The summed E-state index contributed by atoms with van der Waals surface area (Å²) in [4.78, 5) is 30.9. The number of piperazine rings is 1. The third-order valence-corrected chi connectivity index (χ3v) is 6.86. The Bertz CT molecular complexity index is 1650. The molecule has 0 atom stereocenters. The number of hydrogen-bond donors (Lipinski definition) is 1. The van der Waals surface area contributed by atoms with Gasteiger partial charge < -0.3 is 15.1 Å². The van der Waals surface area contributed by atoms with E-state index in [1.807, 2.05) is 16.7 Å². The molecule has 0 unspecified atom stereocenters. The predicted octanol–water partition coefficient (Wildman–Crippen LogP) is 4.74. The van der Waals surface area contributed by atoms with Crippen LogP contribution in [-0.2, 0) is 0 Å². The molecule has 1 aliphatic heterocycles. The van der Waals surface area contributed by atoms with E-state index in [9.17, 15) is 9.18 Å². The number of allylic oxidation sites excluding steroid dienone is 1. The second-order valence-corrected chi connectivity index (χ2v) is 9.46. The zero-order chi connectivity index (χ0) is 26.9. The van der Waals surface area contributed by atoms with E-state index in [1.54, 1.807) is 36.8 Å². The van der Waals surface area contributed by atoms with Gasteiger partial charge in [-0.3, -0.25) is 13.9 Å². The van der Waals surface area contributed by atoms with Crippen LogP contribution in [0.15, 0.2) is 85.8 Å². The van der Waals surface area contributed by atoms with E-state index in [0.29, 0.717) is 34.2 Å². The number of aromatic nitrogens is 5. The summed E-state index contributed by atoms with van der Waals surface area (Å²) in [6.45, 7) is 7.66. The fourth-order valence-electron chi connectivity index (χ4n) is 4.68.